The Morgan fingerprint density at radius 1 is 1.00 bits per heavy atom. The van der Waals surface area contributed by atoms with Gasteiger partial charge in [0.15, 0.2) is 0 Å². The molecule has 0 saturated carbocycles. The fourth-order valence-electron chi connectivity index (χ4n) is 5.40. The highest BCUT2D eigenvalue weighted by Crippen LogP contribution is 2.24. The minimum Gasteiger partial charge on any atom is -0.491 e. The van der Waals surface area contributed by atoms with Gasteiger partial charge in [-0.1, -0.05) is 53.2 Å². The standard InChI is InChI=1S/C33H57N5O5/c1-7-8-13-35-33(42)28(24(4)5)21-30(40)29(34)20-26(23(2)3)22-36-32(41)27-11-9-10-12-31(27)43-19-18-37-14-16-38(17-15-37)25(6)39/h9-12,23-24,26,28-30,40H,7-8,13-22,34H2,1-6H3,(H,35,42)(H,36,41). The van der Waals surface area contributed by atoms with Crippen LogP contribution in [-0.2, 0) is 9.59 Å². The van der Waals surface area contributed by atoms with Crippen LogP contribution in [0.1, 0.15) is 77.6 Å². The fourth-order valence-corrected chi connectivity index (χ4v) is 5.40. The molecule has 5 N–H and O–H groups in total. The SMILES string of the molecule is CCCCNC(=O)C(CC(O)C(N)CC(CNC(=O)c1ccccc1OCCN1CCN(C(C)=O)CC1)C(C)C)C(C)C. The molecular formula is C33H57N5O5. The number of aliphatic hydroxyl groups excluding tert-OH is 1. The Balaban J connectivity index is 1.89. The zero-order valence-corrected chi connectivity index (χ0v) is 27.3. The topological polar surface area (TPSA) is 137 Å². The van der Waals surface area contributed by atoms with E-state index in [0.717, 1.165) is 45.6 Å². The van der Waals surface area contributed by atoms with Gasteiger partial charge in [0.05, 0.1) is 11.7 Å². The van der Waals surface area contributed by atoms with E-state index in [4.69, 9.17) is 10.5 Å². The summed E-state index contributed by atoms with van der Waals surface area (Å²) in [5.74, 6) is 0.453. The molecule has 0 radical (unpaired) electrons. The van der Waals surface area contributed by atoms with Crippen LogP contribution < -0.4 is 21.1 Å². The normalized spacial score (nSPS) is 16.9. The second kappa shape index (κ2) is 18.9. The smallest absolute Gasteiger partial charge is 0.255 e. The summed E-state index contributed by atoms with van der Waals surface area (Å²) in [6.07, 6.45) is 1.95. The van der Waals surface area contributed by atoms with E-state index < -0.39 is 12.1 Å². The van der Waals surface area contributed by atoms with Crippen molar-refractivity contribution in [3.63, 3.8) is 0 Å². The summed E-state index contributed by atoms with van der Waals surface area (Å²) in [5, 5.41) is 17.0. The zero-order valence-electron chi connectivity index (χ0n) is 27.3. The third-order valence-electron chi connectivity index (χ3n) is 8.62. The first-order valence-corrected chi connectivity index (χ1v) is 16.1. The molecule has 1 aromatic rings. The van der Waals surface area contributed by atoms with Gasteiger partial charge in [0, 0.05) is 64.7 Å². The van der Waals surface area contributed by atoms with Crippen molar-refractivity contribution < 1.29 is 24.2 Å². The van der Waals surface area contributed by atoms with Gasteiger partial charge in [-0.25, -0.2) is 0 Å². The van der Waals surface area contributed by atoms with Crippen molar-refractivity contribution >= 4 is 17.7 Å². The average molecular weight is 604 g/mol. The van der Waals surface area contributed by atoms with E-state index in [-0.39, 0.29) is 41.4 Å². The average Bonchev–Trinajstić information content (AvgIpc) is 2.97. The number of carbonyl (C=O) groups excluding carboxylic acids is 3. The van der Waals surface area contributed by atoms with Gasteiger partial charge in [-0.2, -0.15) is 0 Å². The maximum absolute atomic E-state index is 13.2. The van der Waals surface area contributed by atoms with Crippen LogP contribution in [0.3, 0.4) is 0 Å². The molecule has 1 heterocycles. The Kier molecular flexibility index (Phi) is 16.0. The molecule has 4 unspecified atom stereocenters. The van der Waals surface area contributed by atoms with Crippen LogP contribution in [0.5, 0.6) is 5.75 Å². The van der Waals surface area contributed by atoms with Gasteiger partial charge in [0.1, 0.15) is 12.4 Å². The quantitative estimate of drug-likeness (QED) is 0.189. The first-order chi connectivity index (χ1) is 20.4. The molecule has 10 heteroatoms. The molecule has 10 nitrogen and oxygen atoms in total. The Labute approximate surface area is 259 Å². The molecule has 1 aromatic carbocycles. The van der Waals surface area contributed by atoms with Gasteiger partial charge in [0.25, 0.3) is 5.91 Å². The lowest BCUT2D eigenvalue weighted by atomic mass is 9.83. The number of nitrogens with one attached hydrogen (secondary N) is 2. The molecule has 0 spiro atoms. The molecule has 3 amide bonds. The van der Waals surface area contributed by atoms with Gasteiger partial charge in [-0.05, 0) is 49.1 Å². The number of para-hydroxylation sites is 1. The predicted molar refractivity (Wildman–Crippen MR) is 171 cm³/mol. The van der Waals surface area contributed by atoms with Crippen LogP contribution in [0.15, 0.2) is 24.3 Å². The number of unbranched alkanes of at least 4 members (excludes halogenated alkanes) is 1. The lowest BCUT2D eigenvalue weighted by molar-refractivity contribution is -0.130. The number of piperazine rings is 1. The van der Waals surface area contributed by atoms with E-state index in [1.54, 1.807) is 19.1 Å². The second-order valence-electron chi connectivity index (χ2n) is 12.6. The van der Waals surface area contributed by atoms with Crippen LogP contribution in [-0.4, -0.2) is 97.2 Å². The molecule has 1 saturated heterocycles. The monoisotopic (exact) mass is 603 g/mol. The van der Waals surface area contributed by atoms with Crippen molar-refractivity contribution in [3.8, 4) is 5.75 Å². The lowest BCUT2D eigenvalue weighted by Gasteiger charge is -2.34. The summed E-state index contributed by atoms with van der Waals surface area (Å²) >= 11 is 0. The van der Waals surface area contributed by atoms with E-state index >= 15 is 0 Å². The Hall–Kier alpha value is -2.69. The molecular weight excluding hydrogens is 546 g/mol. The van der Waals surface area contributed by atoms with Crippen molar-refractivity contribution in [1.82, 2.24) is 20.4 Å². The maximum atomic E-state index is 13.2. The molecule has 1 aliphatic rings. The van der Waals surface area contributed by atoms with Crippen molar-refractivity contribution in [2.24, 2.45) is 29.4 Å². The summed E-state index contributed by atoms with van der Waals surface area (Å²) < 4.78 is 6.02. The van der Waals surface area contributed by atoms with Crippen LogP contribution in [0, 0.1) is 23.7 Å². The number of rotatable bonds is 18. The molecule has 0 aromatic heterocycles. The van der Waals surface area contributed by atoms with Crippen LogP contribution >= 0.6 is 0 Å². The summed E-state index contributed by atoms with van der Waals surface area (Å²) in [4.78, 5) is 41.6. The third-order valence-corrected chi connectivity index (χ3v) is 8.62. The fraction of sp³-hybridized carbons (Fsp3) is 0.727. The van der Waals surface area contributed by atoms with Gasteiger partial charge in [-0.15, -0.1) is 0 Å². The van der Waals surface area contributed by atoms with E-state index in [1.165, 1.54) is 0 Å². The number of nitrogens with two attached hydrogens (primary N) is 1. The molecule has 0 bridgehead atoms. The largest absolute Gasteiger partial charge is 0.491 e. The van der Waals surface area contributed by atoms with Crippen molar-refractivity contribution in [2.45, 2.75) is 79.4 Å². The summed E-state index contributed by atoms with van der Waals surface area (Å²) in [6, 6.07) is 6.72. The van der Waals surface area contributed by atoms with E-state index in [2.05, 4.69) is 36.3 Å². The van der Waals surface area contributed by atoms with Crippen LogP contribution in [0.4, 0.5) is 0 Å². The first-order valence-electron chi connectivity index (χ1n) is 16.1. The number of aliphatic hydroxyl groups is 1. The van der Waals surface area contributed by atoms with Gasteiger partial charge in [-0.3, -0.25) is 19.3 Å². The predicted octanol–water partition coefficient (Wildman–Crippen LogP) is 2.89. The maximum Gasteiger partial charge on any atom is 0.255 e. The van der Waals surface area contributed by atoms with Gasteiger partial charge in [0.2, 0.25) is 11.8 Å². The van der Waals surface area contributed by atoms with Crippen molar-refractivity contribution in [1.29, 1.82) is 0 Å². The molecule has 244 valence electrons. The lowest BCUT2D eigenvalue weighted by Crippen LogP contribution is -2.48. The number of carbonyl (C=O) groups is 3. The summed E-state index contributed by atoms with van der Waals surface area (Å²) in [5.41, 5.74) is 6.95. The zero-order chi connectivity index (χ0) is 31.9. The molecule has 0 aliphatic carbocycles. The highest BCUT2D eigenvalue weighted by molar-refractivity contribution is 5.96. The minimum atomic E-state index is -0.819. The number of amides is 3. The minimum absolute atomic E-state index is 0.0289. The van der Waals surface area contributed by atoms with E-state index in [1.807, 2.05) is 30.9 Å². The summed E-state index contributed by atoms with van der Waals surface area (Å²) in [6.45, 7) is 17.1. The first kappa shape index (κ1) is 36.5. The van der Waals surface area contributed by atoms with E-state index in [0.29, 0.717) is 43.9 Å². The third kappa shape index (κ3) is 12.4. The Morgan fingerprint density at radius 2 is 1.67 bits per heavy atom. The molecule has 4 atom stereocenters. The number of ether oxygens (including phenoxy) is 1. The second-order valence-corrected chi connectivity index (χ2v) is 12.6. The molecule has 2 rings (SSSR count). The van der Waals surface area contributed by atoms with Gasteiger partial charge < -0.3 is 31.1 Å². The highest BCUT2D eigenvalue weighted by atomic mass is 16.5. The summed E-state index contributed by atoms with van der Waals surface area (Å²) in [7, 11) is 0. The number of benzene rings is 1. The number of hydrogen-bond acceptors (Lipinski definition) is 7. The van der Waals surface area contributed by atoms with E-state index in [9.17, 15) is 19.5 Å². The number of hydrogen-bond donors (Lipinski definition) is 4. The van der Waals surface area contributed by atoms with Crippen LogP contribution in [0.25, 0.3) is 0 Å². The number of nitrogens with zero attached hydrogens (tertiary/aromatic N) is 2. The van der Waals surface area contributed by atoms with Crippen molar-refractivity contribution in [2.75, 3.05) is 52.4 Å². The van der Waals surface area contributed by atoms with Crippen LogP contribution in [0.2, 0.25) is 0 Å². The van der Waals surface area contributed by atoms with Gasteiger partial charge >= 0.3 is 0 Å². The molecule has 43 heavy (non-hydrogen) atoms. The molecule has 1 fully saturated rings. The van der Waals surface area contributed by atoms with Crippen molar-refractivity contribution in [3.05, 3.63) is 29.8 Å². The molecule has 1 aliphatic heterocycles. The Morgan fingerprint density at radius 3 is 2.28 bits per heavy atom. The Bertz CT molecular complexity index is 996. The highest BCUT2D eigenvalue weighted by Gasteiger charge is 2.30.